The lowest BCUT2D eigenvalue weighted by Gasteiger charge is -2.32. The Bertz CT molecular complexity index is 650. The number of likely N-dealkylation sites (tertiary alicyclic amines) is 1. The molecule has 1 amide bonds. The van der Waals surface area contributed by atoms with Crippen LogP contribution in [0.25, 0.3) is 11.3 Å². The molecule has 3 rings (SSSR count). The van der Waals surface area contributed by atoms with Crippen LogP contribution in [0.3, 0.4) is 0 Å². The molecule has 1 unspecified atom stereocenters. The summed E-state index contributed by atoms with van der Waals surface area (Å²) >= 11 is 6.16. The number of hydrogen-bond donors (Lipinski definition) is 0. The highest BCUT2D eigenvalue weighted by molar-refractivity contribution is 6.33. The zero-order valence-corrected chi connectivity index (χ0v) is 12.8. The van der Waals surface area contributed by atoms with Gasteiger partial charge in [-0.3, -0.25) is 4.79 Å². The highest BCUT2D eigenvalue weighted by atomic mass is 35.5. The van der Waals surface area contributed by atoms with Gasteiger partial charge in [0.15, 0.2) is 5.76 Å². The first kappa shape index (κ1) is 14.2. The summed E-state index contributed by atoms with van der Waals surface area (Å²) in [6, 6.07) is 11.3. The topological polar surface area (TPSA) is 33.5 Å². The SMILES string of the molecule is CC1CCCCN1C(=O)c1ccc(-c2ccccc2Cl)o1. The summed E-state index contributed by atoms with van der Waals surface area (Å²) in [5.41, 5.74) is 0.810. The zero-order chi connectivity index (χ0) is 14.8. The Balaban J connectivity index is 1.85. The van der Waals surface area contributed by atoms with Crippen LogP contribution >= 0.6 is 11.6 Å². The van der Waals surface area contributed by atoms with E-state index in [1.807, 2.05) is 35.2 Å². The number of piperidine rings is 1. The van der Waals surface area contributed by atoms with Crippen LogP contribution in [-0.2, 0) is 0 Å². The molecule has 1 saturated heterocycles. The second kappa shape index (κ2) is 5.94. The van der Waals surface area contributed by atoms with E-state index < -0.39 is 0 Å². The second-order valence-corrected chi connectivity index (χ2v) is 5.89. The van der Waals surface area contributed by atoms with Crippen LogP contribution in [0.4, 0.5) is 0 Å². The molecular weight excluding hydrogens is 286 g/mol. The molecule has 2 heterocycles. The predicted molar refractivity (Wildman–Crippen MR) is 83.5 cm³/mol. The summed E-state index contributed by atoms with van der Waals surface area (Å²) in [6.45, 7) is 2.90. The van der Waals surface area contributed by atoms with Gasteiger partial charge in [-0.15, -0.1) is 0 Å². The van der Waals surface area contributed by atoms with Crippen molar-refractivity contribution < 1.29 is 9.21 Å². The Morgan fingerprint density at radius 3 is 2.81 bits per heavy atom. The fraction of sp³-hybridized carbons (Fsp3) is 0.353. The number of rotatable bonds is 2. The van der Waals surface area contributed by atoms with Crippen LogP contribution in [0.5, 0.6) is 0 Å². The molecule has 3 nitrogen and oxygen atoms in total. The molecule has 0 saturated carbocycles. The molecule has 1 aromatic heterocycles. The van der Waals surface area contributed by atoms with Gasteiger partial charge in [-0.25, -0.2) is 0 Å². The van der Waals surface area contributed by atoms with Crippen molar-refractivity contribution >= 4 is 17.5 Å². The van der Waals surface area contributed by atoms with Crippen molar-refractivity contribution in [1.82, 2.24) is 4.90 Å². The maximum Gasteiger partial charge on any atom is 0.289 e. The van der Waals surface area contributed by atoms with Gasteiger partial charge in [0.25, 0.3) is 5.91 Å². The van der Waals surface area contributed by atoms with E-state index in [0.29, 0.717) is 16.5 Å². The smallest absolute Gasteiger partial charge is 0.289 e. The van der Waals surface area contributed by atoms with E-state index in [9.17, 15) is 4.79 Å². The third-order valence-corrected chi connectivity index (χ3v) is 4.35. The normalized spacial score (nSPS) is 18.8. The van der Waals surface area contributed by atoms with E-state index in [2.05, 4.69) is 6.92 Å². The van der Waals surface area contributed by atoms with Gasteiger partial charge in [-0.2, -0.15) is 0 Å². The molecule has 1 aromatic carbocycles. The quantitative estimate of drug-likeness (QED) is 0.811. The number of furan rings is 1. The van der Waals surface area contributed by atoms with E-state index in [0.717, 1.165) is 24.9 Å². The fourth-order valence-electron chi connectivity index (χ4n) is 2.80. The van der Waals surface area contributed by atoms with Crippen molar-refractivity contribution in [1.29, 1.82) is 0 Å². The minimum atomic E-state index is -0.0273. The molecule has 4 heteroatoms. The Kier molecular flexibility index (Phi) is 4.02. The lowest BCUT2D eigenvalue weighted by molar-refractivity contribution is 0.0604. The number of carbonyl (C=O) groups excluding carboxylic acids is 1. The van der Waals surface area contributed by atoms with Gasteiger partial charge in [0.2, 0.25) is 0 Å². The molecule has 1 aliphatic rings. The van der Waals surface area contributed by atoms with E-state index in [1.165, 1.54) is 6.42 Å². The summed E-state index contributed by atoms with van der Waals surface area (Å²) in [7, 11) is 0. The number of hydrogen-bond acceptors (Lipinski definition) is 2. The van der Waals surface area contributed by atoms with E-state index in [-0.39, 0.29) is 11.9 Å². The molecule has 0 spiro atoms. The van der Waals surface area contributed by atoms with Gasteiger partial charge in [-0.1, -0.05) is 23.7 Å². The molecule has 21 heavy (non-hydrogen) atoms. The Hall–Kier alpha value is -1.74. The van der Waals surface area contributed by atoms with Gasteiger partial charge in [0.05, 0.1) is 5.02 Å². The lowest BCUT2D eigenvalue weighted by atomic mass is 10.0. The maximum atomic E-state index is 12.5. The molecule has 110 valence electrons. The molecular formula is C17H18ClNO2. The third-order valence-electron chi connectivity index (χ3n) is 4.02. The van der Waals surface area contributed by atoms with E-state index in [4.69, 9.17) is 16.0 Å². The number of benzene rings is 1. The Morgan fingerprint density at radius 2 is 2.05 bits per heavy atom. The van der Waals surface area contributed by atoms with Crippen LogP contribution in [0.15, 0.2) is 40.8 Å². The van der Waals surface area contributed by atoms with Crippen molar-refractivity contribution in [2.45, 2.75) is 32.2 Å². The monoisotopic (exact) mass is 303 g/mol. The van der Waals surface area contributed by atoms with Gasteiger partial charge >= 0.3 is 0 Å². The van der Waals surface area contributed by atoms with Gasteiger partial charge < -0.3 is 9.32 Å². The van der Waals surface area contributed by atoms with Gasteiger partial charge in [0.1, 0.15) is 5.76 Å². The molecule has 0 N–H and O–H groups in total. The first-order valence-corrected chi connectivity index (χ1v) is 7.70. The summed E-state index contributed by atoms with van der Waals surface area (Å²) in [4.78, 5) is 14.4. The number of amides is 1. The van der Waals surface area contributed by atoms with E-state index in [1.54, 1.807) is 6.07 Å². The summed E-state index contributed by atoms with van der Waals surface area (Å²) in [5, 5.41) is 0.622. The average Bonchev–Trinajstić information content (AvgIpc) is 2.97. The van der Waals surface area contributed by atoms with Crippen LogP contribution in [0.2, 0.25) is 5.02 Å². The van der Waals surface area contributed by atoms with Crippen LogP contribution in [-0.4, -0.2) is 23.4 Å². The minimum Gasteiger partial charge on any atom is -0.451 e. The Labute approximate surface area is 129 Å². The molecule has 0 bridgehead atoms. The van der Waals surface area contributed by atoms with Gasteiger partial charge in [0, 0.05) is 18.2 Å². The standard InChI is InChI=1S/C17H18ClNO2/c1-12-6-4-5-11-19(12)17(20)16-10-9-15(21-16)13-7-2-3-8-14(13)18/h2-3,7-10,12H,4-6,11H2,1H3. The largest absolute Gasteiger partial charge is 0.451 e. The van der Waals surface area contributed by atoms with Crippen LogP contribution in [0.1, 0.15) is 36.7 Å². The summed E-state index contributed by atoms with van der Waals surface area (Å²) < 4.78 is 5.74. The molecule has 2 aromatic rings. The zero-order valence-electron chi connectivity index (χ0n) is 12.0. The fourth-order valence-corrected chi connectivity index (χ4v) is 3.03. The lowest BCUT2D eigenvalue weighted by Crippen LogP contribution is -2.41. The molecule has 0 aliphatic carbocycles. The predicted octanol–water partition coefficient (Wildman–Crippen LogP) is 4.61. The first-order valence-electron chi connectivity index (χ1n) is 7.32. The maximum absolute atomic E-state index is 12.5. The summed E-state index contributed by atoms with van der Waals surface area (Å²) in [5.74, 6) is 0.993. The van der Waals surface area contributed by atoms with Gasteiger partial charge in [-0.05, 0) is 50.5 Å². The second-order valence-electron chi connectivity index (χ2n) is 5.49. The van der Waals surface area contributed by atoms with Crippen molar-refractivity contribution in [3.63, 3.8) is 0 Å². The first-order chi connectivity index (χ1) is 10.2. The minimum absolute atomic E-state index is 0.0273. The summed E-state index contributed by atoms with van der Waals surface area (Å²) in [6.07, 6.45) is 3.31. The van der Waals surface area contributed by atoms with Crippen molar-refractivity contribution in [2.75, 3.05) is 6.54 Å². The number of carbonyl (C=O) groups is 1. The van der Waals surface area contributed by atoms with Crippen LogP contribution < -0.4 is 0 Å². The van der Waals surface area contributed by atoms with Crippen molar-refractivity contribution in [3.8, 4) is 11.3 Å². The van der Waals surface area contributed by atoms with Crippen molar-refractivity contribution in [2.24, 2.45) is 0 Å². The van der Waals surface area contributed by atoms with Crippen molar-refractivity contribution in [3.05, 3.63) is 47.2 Å². The number of nitrogens with zero attached hydrogens (tertiary/aromatic N) is 1. The highest BCUT2D eigenvalue weighted by Crippen LogP contribution is 2.30. The Morgan fingerprint density at radius 1 is 1.24 bits per heavy atom. The van der Waals surface area contributed by atoms with E-state index >= 15 is 0 Å². The highest BCUT2D eigenvalue weighted by Gasteiger charge is 2.26. The molecule has 1 aliphatic heterocycles. The third kappa shape index (κ3) is 2.84. The van der Waals surface area contributed by atoms with Crippen LogP contribution in [0, 0.1) is 0 Å². The molecule has 1 atom stereocenters. The molecule has 1 fully saturated rings. The number of halogens is 1. The average molecular weight is 304 g/mol. The molecule has 0 radical (unpaired) electrons.